The first-order valence-corrected chi connectivity index (χ1v) is 7.66. The highest BCUT2D eigenvalue weighted by atomic mass is 32.1. The predicted octanol–water partition coefficient (Wildman–Crippen LogP) is 1.81. The molecular formula is C13H21N3O2S. The van der Waals surface area contributed by atoms with E-state index in [-0.39, 0.29) is 12.1 Å². The second kappa shape index (κ2) is 6.86. The highest BCUT2D eigenvalue weighted by molar-refractivity contribution is 7.11. The van der Waals surface area contributed by atoms with Crippen LogP contribution in [-0.2, 0) is 13.0 Å². The molecule has 1 aliphatic rings. The average molecular weight is 283 g/mol. The second-order valence-corrected chi connectivity index (χ2v) is 6.06. The number of carbonyl (C=O) groups excluding carboxylic acids is 1. The van der Waals surface area contributed by atoms with Crippen LogP contribution in [0.5, 0.6) is 0 Å². The summed E-state index contributed by atoms with van der Waals surface area (Å²) in [6, 6.07) is -0.338. The Morgan fingerprint density at radius 2 is 2.32 bits per heavy atom. The molecule has 19 heavy (non-hydrogen) atoms. The van der Waals surface area contributed by atoms with Crippen LogP contribution in [0.15, 0.2) is 6.20 Å². The molecule has 0 aliphatic heterocycles. The number of urea groups is 1. The first-order valence-electron chi connectivity index (χ1n) is 6.85. The lowest BCUT2D eigenvalue weighted by molar-refractivity contribution is 0.0943. The van der Waals surface area contributed by atoms with Crippen molar-refractivity contribution < 1.29 is 9.90 Å². The van der Waals surface area contributed by atoms with E-state index in [0.29, 0.717) is 6.54 Å². The summed E-state index contributed by atoms with van der Waals surface area (Å²) in [5, 5.41) is 16.3. The van der Waals surface area contributed by atoms with Crippen LogP contribution in [-0.4, -0.2) is 28.3 Å². The summed E-state index contributed by atoms with van der Waals surface area (Å²) in [4.78, 5) is 17.2. The molecule has 0 unspecified atom stereocenters. The molecular weight excluding hydrogens is 262 g/mol. The molecule has 0 saturated heterocycles. The minimum absolute atomic E-state index is 0.115. The van der Waals surface area contributed by atoms with Crippen LogP contribution in [0.3, 0.4) is 0 Å². The van der Waals surface area contributed by atoms with Crippen LogP contribution in [0, 0.1) is 0 Å². The van der Waals surface area contributed by atoms with E-state index in [2.05, 4.69) is 22.5 Å². The van der Waals surface area contributed by atoms with Crippen molar-refractivity contribution in [3.63, 3.8) is 0 Å². The van der Waals surface area contributed by atoms with Gasteiger partial charge in [0.1, 0.15) is 5.01 Å². The normalized spacial score (nSPS) is 23.1. The van der Waals surface area contributed by atoms with E-state index in [0.717, 1.165) is 37.1 Å². The molecule has 2 rings (SSSR count). The third-order valence-electron chi connectivity index (χ3n) is 3.40. The van der Waals surface area contributed by atoms with E-state index in [1.54, 1.807) is 11.3 Å². The topological polar surface area (TPSA) is 74.2 Å². The molecule has 0 aromatic carbocycles. The zero-order valence-electron chi connectivity index (χ0n) is 11.2. The molecule has 1 aliphatic carbocycles. The number of nitrogens with one attached hydrogen (secondary N) is 2. The third kappa shape index (κ3) is 4.18. The van der Waals surface area contributed by atoms with Gasteiger partial charge in [0.05, 0.1) is 18.7 Å². The van der Waals surface area contributed by atoms with Crippen molar-refractivity contribution in [2.24, 2.45) is 0 Å². The predicted molar refractivity (Wildman–Crippen MR) is 75.1 cm³/mol. The summed E-state index contributed by atoms with van der Waals surface area (Å²) in [5.41, 5.74) is 0. The van der Waals surface area contributed by atoms with Gasteiger partial charge < -0.3 is 15.7 Å². The summed E-state index contributed by atoms with van der Waals surface area (Å²) in [5.74, 6) is 0. The van der Waals surface area contributed by atoms with Gasteiger partial charge >= 0.3 is 6.03 Å². The zero-order chi connectivity index (χ0) is 13.7. The lowest BCUT2D eigenvalue weighted by Crippen LogP contribution is -2.48. The Labute approximate surface area is 117 Å². The lowest BCUT2D eigenvalue weighted by Gasteiger charge is -2.28. The number of hydrogen-bond acceptors (Lipinski definition) is 4. The molecule has 5 nitrogen and oxygen atoms in total. The van der Waals surface area contributed by atoms with Gasteiger partial charge in [0.2, 0.25) is 0 Å². The Hall–Kier alpha value is -1.14. The largest absolute Gasteiger partial charge is 0.391 e. The molecule has 3 N–H and O–H groups in total. The van der Waals surface area contributed by atoms with Gasteiger partial charge in [-0.15, -0.1) is 11.3 Å². The Balaban J connectivity index is 1.74. The fourth-order valence-corrected chi connectivity index (χ4v) is 3.05. The molecule has 0 spiro atoms. The van der Waals surface area contributed by atoms with Gasteiger partial charge in [-0.05, 0) is 19.3 Å². The number of thiazole rings is 1. The maximum atomic E-state index is 11.8. The maximum Gasteiger partial charge on any atom is 0.315 e. The summed E-state index contributed by atoms with van der Waals surface area (Å²) in [6.45, 7) is 2.53. The molecule has 1 aromatic heterocycles. The standard InChI is InChI=1S/C13H21N3O2S/c1-2-9-7-14-12(19-9)8-15-13(18)16-10-5-3-4-6-11(10)17/h7,10-11,17H,2-6,8H2,1H3,(H2,15,16,18)/t10-,11+/m1/s1. The van der Waals surface area contributed by atoms with E-state index >= 15 is 0 Å². The van der Waals surface area contributed by atoms with E-state index in [4.69, 9.17) is 0 Å². The highest BCUT2D eigenvalue weighted by Crippen LogP contribution is 2.18. The molecule has 106 valence electrons. The van der Waals surface area contributed by atoms with E-state index < -0.39 is 6.10 Å². The van der Waals surface area contributed by atoms with Crippen molar-refractivity contribution in [2.75, 3.05) is 0 Å². The quantitative estimate of drug-likeness (QED) is 0.789. The van der Waals surface area contributed by atoms with E-state index in [1.807, 2.05) is 6.20 Å². The lowest BCUT2D eigenvalue weighted by atomic mass is 9.93. The first kappa shape index (κ1) is 14.3. The van der Waals surface area contributed by atoms with Gasteiger partial charge in [-0.3, -0.25) is 0 Å². The Morgan fingerprint density at radius 3 is 3.00 bits per heavy atom. The Bertz CT molecular complexity index is 422. The number of nitrogens with zero attached hydrogens (tertiary/aromatic N) is 1. The van der Waals surface area contributed by atoms with Gasteiger partial charge in [0.15, 0.2) is 0 Å². The van der Waals surface area contributed by atoms with Crippen molar-refractivity contribution in [1.82, 2.24) is 15.6 Å². The number of amides is 2. The molecule has 0 bridgehead atoms. The number of carbonyl (C=O) groups is 1. The van der Waals surface area contributed by atoms with Gasteiger partial charge in [-0.1, -0.05) is 19.8 Å². The number of rotatable bonds is 4. The smallest absolute Gasteiger partial charge is 0.315 e. The molecule has 6 heteroatoms. The molecule has 1 fully saturated rings. The minimum atomic E-state index is -0.411. The molecule has 1 heterocycles. The summed E-state index contributed by atoms with van der Waals surface area (Å²) < 4.78 is 0. The van der Waals surface area contributed by atoms with Crippen LogP contribution in [0.4, 0.5) is 4.79 Å². The number of aliphatic hydroxyl groups excluding tert-OH is 1. The fourth-order valence-electron chi connectivity index (χ4n) is 2.25. The van der Waals surface area contributed by atoms with Gasteiger partial charge in [-0.25, -0.2) is 9.78 Å². The van der Waals surface area contributed by atoms with Crippen molar-refractivity contribution in [2.45, 2.75) is 57.7 Å². The van der Waals surface area contributed by atoms with Crippen molar-refractivity contribution >= 4 is 17.4 Å². The van der Waals surface area contributed by atoms with Gasteiger partial charge in [-0.2, -0.15) is 0 Å². The maximum absolute atomic E-state index is 11.8. The van der Waals surface area contributed by atoms with Crippen molar-refractivity contribution in [1.29, 1.82) is 0 Å². The SMILES string of the molecule is CCc1cnc(CNC(=O)N[C@@H]2CCCC[C@@H]2O)s1. The number of aromatic nitrogens is 1. The Kier molecular flexibility index (Phi) is 5.15. The number of aliphatic hydroxyl groups is 1. The molecule has 2 amide bonds. The summed E-state index contributed by atoms with van der Waals surface area (Å²) in [7, 11) is 0. The van der Waals surface area contributed by atoms with Crippen LogP contribution in [0.1, 0.15) is 42.5 Å². The summed E-state index contributed by atoms with van der Waals surface area (Å²) in [6.07, 6.45) is 6.14. The second-order valence-electron chi connectivity index (χ2n) is 4.86. The van der Waals surface area contributed by atoms with Crippen molar-refractivity contribution in [3.8, 4) is 0 Å². The van der Waals surface area contributed by atoms with Crippen LogP contribution < -0.4 is 10.6 Å². The molecule has 2 atom stereocenters. The molecule has 0 radical (unpaired) electrons. The number of aryl methyl sites for hydroxylation is 1. The number of hydrogen-bond donors (Lipinski definition) is 3. The van der Waals surface area contributed by atoms with Crippen LogP contribution >= 0.6 is 11.3 Å². The average Bonchev–Trinajstić information content (AvgIpc) is 2.87. The minimum Gasteiger partial charge on any atom is -0.391 e. The van der Waals surface area contributed by atoms with E-state index in [1.165, 1.54) is 4.88 Å². The fraction of sp³-hybridized carbons (Fsp3) is 0.692. The molecule has 1 aromatic rings. The van der Waals surface area contributed by atoms with Crippen LogP contribution in [0.25, 0.3) is 0 Å². The Morgan fingerprint density at radius 1 is 1.53 bits per heavy atom. The van der Waals surface area contributed by atoms with E-state index in [9.17, 15) is 9.90 Å². The third-order valence-corrected chi connectivity index (χ3v) is 4.54. The van der Waals surface area contributed by atoms with Crippen molar-refractivity contribution in [3.05, 3.63) is 16.1 Å². The summed E-state index contributed by atoms with van der Waals surface area (Å²) >= 11 is 1.62. The highest BCUT2D eigenvalue weighted by Gasteiger charge is 2.24. The monoisotopic (exact) mass is 283 g/mol. The zero-order valence-corrected chi connectivity index (χ0v) is 12.0. The van der Waals surface area contributed by atoms with Gasteiger partial charge in [0, 0.05) is 11.1 Å². The first-order chi connectivity index (χ1) is 9.19. The van der Waals surface area contributed by atoms with Crippen LogP contribution in [0.2, 0.25) is 0 Å². The van der Waals surface area contributed by atoms with Gasteiger partial charge in [0.25, 0.3) is 0 Å². The molecule has 1 saturated carbocycles.